The molecule has 13 heteroatoms. The zero-order valence-electron chi connectivity index (χ0n) is 11.1. The van der Waals surface area contributed by atoms with E-state index in [4.69, 9.17) is 15.0 Å². The van der Waals surface area contributed by atoms with Gasteiger partial charge in [0.25, 0.3) is 0 Å². The van der Waals surface area contributed by atoms with Crippen molar-refractivity contribution in [3.63, 3.8) is 0 Å². The van der Waals surface area contributed by atoms with Crippen molar-refractivity contribution in [2.75, 3.05) is 12.3 Å². The summed E-state index contributed by atoms with van der Waals surface area (Å²) in [5.41, 5.74) is 4.24. The second kappa shape index (κ2) is 5.76. The number of hydrogen-bond acceptors (Lipinski definition) is 10. The second-order valence-corrected chi connectivity index (χ2v) is 6.03. The number of fused-ring (bicyclic) bond motifs is 1. The number of nitrogens with zero attached hydrogens (tertiary/aromatic N) is 2. The van der Waals surface area contributed by atoms with Crippen LogP contribution in [0.25, 0.3) is 0 Å². The summed E-state index contributed by atoms with van der Waals surface area (Å²) in [7, 11) is -4.03. The van der Waals surface area contributed by atoms with Gasteiger partial charge in [0, 0.05) is 0 Å². The molecular formula is C9H15FN4O7P+. The van der Waals surface area contributed by atoms with Crippen molar-refractivity contribution in [3.05, 3.63) is 22.5 Å². The maximum atomic E-state index is 13.4. The van der Waals surface area contributed by atoms with Gasteiger partial charge in [0.05, 0.1) is 6.20 Å². The molecule has 0 aromatic carbocycles. The van der Waals surface area contributed by atoms with E-state index in [1.165, 1.54) is 0 Å². The first-order valence-electron chi connectivity index (χ1n) is 5.84. The highest BCUT2D eigenvalue weighted by Crippen LogP contribution is 2.58. The molecule has 0 spiro atoms. The molecule has 2 saturated heterocycles. The molecule has 1 aromatic heterocycles. The van der Waals surface area contributed by atoms with Gasteiger partial charge >= 0.3 is 13.9 Å². The van der Waals surface area contributed by atoms with Crippen molar-refractivity contribution in [3.8, 4) is 0 Å². The van der Waals surface area contributed by atoms with Gasteiger partial charge < -0.3 is 21.7 Å². The Morgan fingerprint density at radius 2 is 2.18 bits per heavy atom. The maximum Gasteiger partial charge on any atom is 0.570 e. The Morgan fingerprint density at radius 3 is 2.86 bits per heavy atom. The summed E-state index contributed by atoms with van der Waals surface area (Å²) in [5.74, 6) is -1.53. The van der Waals surface area contributed by atoms with Crippen LogP contribution in [-0.4, -0.2) is 49.4 Å². The number of hydrogen-bond donors (Lipinski definition) is 5. The first-order valence-corrected chi connectivity index (χ1v) is 7.37. The van der Waals surface area contributed by atoms with E-state index in [0.717, 1.165) is 6.20 Å². The zero-order chi connectivity index (χ0) is 15.4. The van der Waals surface area contributed by atoms with Crippen LogP contribution in [0.15, 0.2) is 11.0 Å². The minimum atomic E-state index is -4.03. The SMILES string of the molecule is N.Nc1nc(=O)n([C@@H]2O[C@@H]3CO[P+](O)(O)O[C@H]3[C@H]2O)cc1F. The van der Waals surface area contributed by atoms with Gasteiger partial charge in [-0.2, -0.15) is 19.3 Å². The molecule has 8 N–H and O–H groups in total. The predicted molar refractivity (Wildman–Crippen MR) is 70.0 cm³/mol. The van der Waals surface area contributed by atoms with Gasteiger partial charge in [-0.3, -0.25) is 4.57 Å². The Morgan fingerprint density at radius 1 is 1.50 bits per heavy atom. The molecule has 22 heavy (non-hydrogen) atoms. The van der Waals surface area contributed by atoms with Crippen LogP contribution in [0, 0.1) is 5.82 Å². The number of anilines is 1. The summed E-state index contributed by atoms with van der Waals surface area (Å²) in [6, 6.07) is 0. The number of nitrogen functional groups attached to an aromatic ring is 1. The Balaban J connectivity index is 0.00000176. The summed E-state index contributed by atoms with van der Waals surface area (Å²) < 4.78 is 29.0. The topological polar surface area (TPSA) is 184 Å². The Kier molecular flexibility index (Phi) is 4.48. The number of halogens is 1. The third kappa shape index (κ3) is 2.83. The van der Waals surface area contributed by atoms with Crippen molar-refractivity contribution in [2.45, 2.75) is 24.5 Å². The fourth-order valence-corrected chi connectivity index (χ4v) is 3.19. The van der Waals surface area contributed by atoms with E-state index in [9.17, 15) is 24.1 Å². The molecule has 0 aliphatic carbocycles. The third-order valence-corrected chi connectivity index (χ3v) is 4.19. The standard InChI is InChI=1S/C9H11FN3O7P.H3N/c10-3-1-13(9(15)12-7(3)11)8-5(14)6-4(19-8)2-18-21(16,17)20-6;/h1,4-6,8,14,16-17H,2H2,(H-,11,12,15);1H3/p+1/t4-,5-,6-,8-;/m1./s1. The first-order chi connectivity index (χ1) is 9.78. The average molecular weight is 341 g/mol. The minimum absolute atomic E-state index is 0. The molecule has 0 radical (unpaired) electrons. The number of ether oxygens (including phenoxy) is 1. The van der Waals surface area contributed by atoms with Gasteiger partial charge in [0.2, 0.25) is 0 Å². The van der Waals surface area contributed by atoms with E-state index in [1.807, 2.05) is 0 Å². The molecule has 1 aromatic rings. The van der Waals surface area contributed by atoms with Crippen LogP contribution in [0.2, 0.25) is 0 Å². The number of aliphatic hydroxyl groups excluding tert-OH is 1. The van der Waals surface area contributed by atoms with Crippen LogP contribution in [0.1, 0.15) is 6.23 Å². The normalized spacial score (nSPS) is 33.1. The highest BCUT2D eigenvalue weighted by atomic mass is 31.2. The van der Waals surface area contributed by atoms with E-state index < -0.39 is 50.0 Å². The predicted octanol–water partition coefficient (Wildman–Crippen LogP) is -1.54. The number of aromatic nitrogens is 2. The lowest BCUT2D eigenvalue weighted by atomic mass is 10.1. The second-order valence-electron chi connectivity index (χ2n) is 4.58. The monoisotopic (exact) mass is 341 g/mol. The van der Waals surface area contributed by atoms with Gasteiger partial charge in [-0.25, -0.2) is 9.18 Å². The van der Waals surface area contributed by atoms with Crippen molar-refractivity contribution in [1.82, 2.24) is 15.7 Å². The molecule has 0 amide bonds. The Bertz CT molecular complexity index is 628. The van der Waals surface area contributed by atoms with Gasteiger partial charge in [-0.15, -0.1) is 4.52 Å². The molecule has 4 atom stereocenters. The Hall–Kier alpha value is -1.24. The van der Waals surface area contributed by atoms with Gasteiger partial charge in [-0.05, 0) is 0 Å². The van der Waals surface area contributed by atoms with E-state index in [2.05, 4.69) is 9.51 Å². The van der Waals surface area contributed by atoms with Crippen LogP contribution >= 0.6 is 8.17 Å². The third-order valence-electron chi connectivity index (χ3n) is 3.18. The van der Waals surface area contributed by atoms with E-state index in [-0.39, 0.29) is 12.8 Å². The van der Waals surface area contributed by atoms with Crippen LogP contribution in [-0.2, 0) is 13.8 Å². The largest absolute Gasteiger partial charge is 0.570 e. The van der Waals surface area contributed by atoms with E-state index in [0.29, 0.717) is 4.57 Å². The van der Waals surface area contributed by atoms with Crippen LogP contribution < -0.4 is 17.6 Å². The fourth-order valence-electron chi connectivity index (χ4n) is 2.21. The van der Waals surface area contributed by atoms with Crippen LogP contribution in [0.4, 0.5) is 10.2 Å². The molecule has 0 bridgehead atoms. The highest BCUT2D eigenvalue weighted by molar-refractivity contribution is 7.54. The van der Waals surface area contributed by atoms with E-state index >= 15 is 0 Å². The molecule has 2 aliphatic heterocycles. The van der Waals surface area contributed by atoms with Crippen molar-refractivity contribution in [1.29, 1.82) is 0 Å². The number of nitrogens with two attached hydrogens (primary N) is 1. The summed E-state index contributed by atoms with van der Waals surface area (Å²) in [6.45, 7) is -0.251. The van der Waals surface area contributed by atoms with Crippen LogP contribution in [0.5, 0.6) is 0 Å². The molecule has 11 nitrogen and oxygen atoms in total. The minimum Gasteiger partial charge on any atom is -0.385 e. The van der Waals surface area contributed by atoms with Gasteiger partial charge in [-0.1, -0.05) is 0 Å². The molecule has 2 fully saturated rings. The fraction of sp³-hybridized carbons (Fsp3) is 0.556. The van der Waals surface area contributed by atoms with Crippen molar-refractivity contribution < 1.29 is 33.1 Å². The maximum absolute atomic E-state index is 13.4. The highest BCUT2D eigenvalue weighted by Gasteiger charge is 2.59. The van der Waals surface area contributed by atoms with Crippen molar-refractivity contribution >= 4 is 14.0 Å². The molecule has 0 saturated carbocycles. The van der Waals surface area contributed by atoms with Gasteiger partial charge in [0.1, 0.15) is 18.8 Å². The van der Waals surface area contributed by atoms with Crippen molar-refractivity contribution in [2.24, 2.45) is 0 Å². The molecular weight excluding hydrogens is 326 g/mol. The average Bonchev–Trinajstić information content (AvgIpc) is 2.70. The van der Waals surface area contributed by atoms with Gasteiger partial charge in [0.15, 0.2) is 24.0 Å². The molecule has 3 heterocycles. The molecule has 0 unspecified atom stereocenters. The van der Waals surface area contributed by atoms with Crippen LogP contribution in [0.3, 0.4) is 0 Å². The smallest absolute Gasteiger partial charge is 0.385 e. The Labute approximate surface area is 123 Å². The number of rotatable bonds is 1. The summed E-state index contributed by atoms with van der Waals surface area (Å²) in [5, 5.41) is 10.1. The molecule has 2 aliphatic rings. The molecule has 3 rings (SSSR count). The lowest BCUT2D eigenvalue weighted by molar-refractivity contribution is -0.0764. The zero-order valence-corrected chi connectivity index (χ0v) is 12.0. The first kappa shape index (κ1) is 17.1. The summed E-state index contributed by atoms with van der Waals surface area (Å²) in [4.78, 5) is 33.6. The lowest BCUT2D eigenvalue weighted by Crippen LogP contribution is -2.41. The summed E-state index contributed by atoms with van der Waals surface area (Å²) >= 11 is 0. The lowest BCUT2D eigenvalue weighted by Gasteiger charge is -2.24. The van der Waals surface area contributed by atoms with E-state index in [1.54, 1.807) is 0 Å². The summed E-state index contributed by atoms with van der Waals surface area (Å²) in [6.07, 6.45) is -3.97. The molecule has 124 valence electrons. The number of aliphatic hydroxyl groups is 1. The quantitative estimate of drug-likeness (QED) is 0.375.